The van der Waals surface area contributed by atoms with Gasteiger partial charge < -0.3 is 9.84 Å². The van der Waals surface area contributed by atoms with E-state index >= 15 is 0 Å². The highest BCUT2D eigenvalue weighted by molar-refractivity contribution is 7.92. The molecule has 0 spiro atoms. The Bertz CT molecular complexity index is 848. The van der Waals surface area contributed by atoms with Crippen LogP contribution in [0, 0.1) is 5.95 Å². The lowest BCUT2D eigenvalue weighted by molar-refractivity contribution is 0.266. The zero-order valence-corrected chi connectivity index (χ0v) is 13.9. The first-order valence-electron chi connectivity index (χ1n) is 5.98. The number of nitrogens with one attached hydrogen (secondary N) is 1. The number of hydrogen-bond acceptors (Lipinski definition) is 6. The summed E-state index contributed by atoms with van der Waals surface area (Å²) in [5.74, 6) is -1.87. The Hall–Kier alpha value is -1.68. The second-order valence-electron chi connectivity index (χ2n) is 4.13. The highest BCUT2D eigenvalue weighted by Crippen LogP contribution is 2.31. The van der Waals surface area contributed by atoms with E-state index in [4.69, 9.17) is 33.0 Å². The number of benzene rings is 1. The summed E-state index contributed by atoms with van der Waals surface area (Å²) in [5, 5.41) is 8.87. The predicted molar refractivity (Wildman–Crippen MR) is 81.7 cm³/mol. The Morgan fingerprint density at radius 3 is 2.65 bits per heavy atom. The molecule has 7 nitrogen and oxygen atoms in total. The summed E-state index contributed by atoms with van der Waals surface area (Å²) in [6.07, 6.45) is 0. The Balaban J connectivity index is 2.51. The molecule has 0 atom stereocenters. The maximum atomic E-state index is 13.5. The first-order valence-corrected chi connectivity index (χ1v) is 8.22. The van der Waals surface area contributed by atoms with Crippen molar-refractivity contribution in [2.75, 3.05) is 11.8 Å². The molecule has 1 heterocycles. The molecule has 0 saturated heterocycles. The zero-order chi connectivity index (χ0) is 17.2. The second-order valence-corrected chi connectivity index (χ2v) is 6.57. The number of hydrogen-bond donors (Lipinski definition) is 2. The minimum absolute atomic E-state index is 0.0442. The van der Waals surface area contributed by atoms with Crippen LogP contribution in [0.15, 0.2) is 23.1 Å². The molecule has 0 radical (unpaired) electrons. The van der Waals surface area contributed by atoms with Gasteiger partial charge >= 0.3 is 0 Å². The maximum absolute atomic E-state index is 13.5. The summed E-state index contributed by atoms with van der Waals surface area (Å²) in [7, 11) is -3.03. The highest BCUT2D eigenvalue weighted by atomic mass is 35.5. The molecule has 1 aromatic heterocycles. The Labute approximate surface area is 141 Å². The molecule has 11 heteroatoms. The van der Waals surface area contributed by atoms with E-state index in [0.29, 0.717) is 0 Å². The number of halogens is 3. The summed E-state index contributed by atoms with van der Waals surface area (Å²) < 4.78 is 45.1. The molecule has 0 aliphatic carbocycles. The molecule has 0 amide bonds. The Morgan fingerprint density at radius 2 is 2.04 bits per heavy atom. The first-order chi connectivity index (χ1) is 10.8. The minimum atomic E-state index is -4.19. The van der Waals surface area contributed by atoms with Crippen molar-refractivity contribution >= 4 is 39.0 Å². The Kier molecular flexibility index (Phi) is 5.25. The summed E-state index contributed by atoms with van der Waals surface area (Å²) >= 11 is 11.7. The topological polar surface area (TPSA) is 101 Å². The number of nitrogens with zero attached hydrogens (tertiary/aromatic N) is 2. The molecule has 23 heavy (non-hydrogen) atoms. The SMILES string of the molecule is COc1nc(F)c(CO)nc1NS(=O)(=O)c1cccc(Cl)c1Cl. The quantitative estimate of drug-likeness (QED) is 0.823. The number of sulfonamides is 1. The minimum Gasteiger partial charge on any atom is -0.478 e. The highest BCUT2D eigenvalue weighted by Gasteiger charge is 2.23. The number of methoxy groups -OCH3 is 1. The molecule has 2 N–H and O–H groups in total. The van der Waals surface area contributed by atoms with Crippen molar-refractivity contribution in [2.45, 2.75) is 11.5 Å². The lowest BCUT2D eigenvalue weighted by atomic mass is 10.4. The van der Waals surface area contributed by atoms with E-state index in [1.165, 1.54) is 18.2 Å². The van der Waals surface area contributed by atoms with Crippen LogP contribution in [0.1, 0.15) is 5.69 Å². The summed E-state index contributed by atoms with van der Waals surface area (Å²) in [5.41, 5.74) is -0.444. The van der Waals surface area contributed by atoms with Gasteiger partial charge in [0.15, 0.2) is 0 Å². The predicted octanol–water partition coefficient (Wildman–Crippen LogP) is 2.22. The monoisotopic (exact) mass is 381 g/mol. The van der Waals surface area contributed by atoms with Gasteiger partial charge in [-0.3, -0.25) is 4.72 Å². The van der Waals surface area contributed by atoms with Gasteiger partial charge in [0.05, 0.1) is 23.8 Å². The second kappa shape index (κ2) is 6.83. The summed E-state index contributed by atoms with van der Waals surface area (Å²) in [4.78, 5) is 6.73. The summed E-state index contributed by atoms with van der Waals surface area (Å²) in [6.45, 7) is -0.768. The number of aromatic nitrogens is 2. The lowest BCUT2D eigenvalue weighted by Gasteiger charge is -2.12. The fourth-order valence-corrected chi connectivity index (χ4v) is 3.38. The van der Waals surface area contributed by atoms with Crippen molar-refractivity contribution < 1.29 is 22.7 Å². The van der Waals surface area contributed by atoms with E-state index in [1.54, 1.807) is 0 Å². The van der Waals surface area contributed by atoms with Gasteiger partial charge in [0.2, 0.25) is 11.8 Å². The van der Waals surface area contributed by atoms with Gasteiger partial charge in [-0.2, -0.15) is 9.37 Å². The molecule has 2 aromatic rings. The zero-order valence-electron chi connectivity index (χ0n) is 11.5. The molecule has 0 bridgehead atoms. The van der Waals surface area contributed by atoms with Gasteiger partial charge in [-0.15, -0.1) is 0 Å². The van der Waals surface area contributed by atoms with Crippen molar-refractivity contribution in [3.8, 4) is 5.88 Å². The van der Waals surface area contributed by atoms with E-state index < -0.39 is 40.0 Å². The molecule has 0 aliphatic rings. The third-order valence-corrected chi connectivity index (χ3v) is 4.98. The van der Waals surface area contributed by atoms with Crippen molar-refractivity contribution in [1.82, 2.24) is 9.97 Å². The summed E-state index contributed by atoms with van der Waals surface area (Å²) in [6, 6.07) is 4.05. The van der Waals surface area contributed by atoms with Crippen LogP contribution in [0.25, 0.3) is 0 Å². The number of anilines is 1. The normalized spacial score (nSPS) is 11.3. The lowest BCUT2D eigenvalue weighted by Crippen LogP contribution is -2.17. The van der Waals surface area contributed by atoms with Gasteiger partial charge in [0.1, 0.15) is 10.6 Å². The molecule has 1 aromatic carbocycles. The van der Waals surface area contributed by atoms with Crippen LogP contribution in [0.3, 0.4) is 0 Å². The van der Waals surface area contributed by atoms with Gasteiger partial charge in [0, 0.05) is 0 Å². The largest absolute Gasteiger partial charge is 0.478 e. The average Bonchev–Trinajstić information content (AvgIpc) is 2.50. The molecule has 0 aliphatic heterocycles. The van der Waals surface area contributed by atoms with Crippen molar-refractivity contribution in [1.29, 1.82) is 0 Å². The Morgan fingerprint density at radius 1 is 1.35 bits per heavy atom. The van der Waals surface area contributed by atoms with Crippen LogP contribution in [-0.2, 0) is 16.6 Å². The van der Waals surface area contributed by atoms with E-state index in [9.17, 15) is 12.8 Å². The van der Waals surface area contributed by atoms with Crippen molar-refractivity contribution in [3.05, 3.63) is 39.9 Å². The maximum Gasteiger partial charge on any atom is 0.264 e. The fourth-order valence-electron chi connectivity index (χ4n) is 1.62. The van der Waals surface area contributed by atoms with Crippen molar-refractivity contribution in [3.63, 3.8) is 0 Å². The van der Waals surface area contributed by atoms with Gasteiger partial charge in [-0.05, 0) is 12.1 Å². The number of rotatable bonds is 5. The van der Waals surface area contributed by atoms with Gasteiger partial charge in [0.25, 0.3) is 15.9 Å². The fraction of sp³-hybridized carbons (Fsp3) is 0.167. The number of aliphatic hydroxyl groups excluding tert-OH is 1. The average molecular weight is 382 g/mol. The third-order valence-electron chi connectivity index (χ3n) is 2.67. The standard InChI is InChI=1S/C12H10Cl2FN3O4S/c1-22-12-11(16-7(5-19)10(15)17-12)18-23(20,21)8-4-2-3-6(13)9(8)14/h2-4,19H,5H2,1H3,(H,16,18). The van der Waals surface area contributed by atoms with E-state index in [-0.39, 0.29) is 14.9 Å². The van der Waals surface area contributed by atoms with Crippen molar-refractivity contribution in [2.24, 2.45) is 0 Å². The molecule has 0 saturated carbocycles. The van der Waals surface area contributed by atoms with Gasteiger partial charge in [-0.1, -0.05) is 29.3 Å². The molecular weight excluding hydrogens is 372 g/mol. The van der Waals surface area contributed by atoms with E-state index in [0.717, 1.165) is 7.11 Å². The van der Waals surface area contributed by atoms with Crippen LogP contribution >= 0.6 is 23.2 Å². The molecular formula is C12H10Cl2FN3O4S. The molecule has 0 unspecified atom stereocenters. The van der Waals surface area contributed by atoms with Gasteiger partial charge in [-0.25, -0.2) is 13.4 Å². The molecule has 2 rings (SSSR count). The van der Waals surface area contributed by atoms with Crippen LogP contribution < -0.4 is 9.46 Å². The van der Waals surface area contributed by atoms with Crippen LogP contribution in [0.2, 0.25) is 10.0 Å². The number of ether oxygens (including phenoxy) is 1. The molecule has 0 fully saturated rings. The smallest absolute Gasteiger partial charge is 0.264 e. The first kappa shape index (κ1) is 17.7. The van der Waals surface area contributed by atoms with Crippen LogP contribution in [0.4, 0.5) is 10.2 Å². The van der Waals surface area contributed by atoms with Crippen LogP contribution in [-0.4, -0.2) is 30.6 Å². The third kappa shape index (κ3) is 3.63. The molecule has 124 valence electrons. The van der Waals surface area contributed by atoms with E-state index in [2.05, 4.69) is 14.7 Å². The van der Waals surface area contributed by atoms with E-state index in [1.807, 2.05) is 0 Å². The number of aliphatic hydroxyl groups is 1. The van der Waals surface area contributed by atoms with Crippen LogP contribution in [0.5, 0.6) is 5.88 Å².